The van der Waals surface area contributed by atoms with Crippen molar-refractivity contribution in [2.24, 2.45) is 27.9 Å². The minimum absolute atomic E-state index is 0.0336. The number of aliphatic hydroxyl groups excluding tert-OH is 1. The van der Waals surface area contributed by atoms with Crippen molar-refractivity contribution >= 4 is 28.0 Å². The van der Waals surface area contributed by atoms with Gasteiger partial charge in [-0.3, -0.25) is 14.6 Å². The van der Waals surface area contributed by atoms with Gasteiger partial charge in [0.2, 0.25) is 17.7 Å². The molecule has 0 bridgehead atoms. The Bertz CT molecular complexity index is 882. The number of hydrogen-bond donors (Lipinski definition) is 8. The third-order valence-electron chi connectivity index (χ3n) is 3.77. The van der Waals surface area contributed by atoms with Crippen LogP contribution in [0.25, 0.3) is 0 Å². The Labute approximate surface area is 177 Å². The molecular weight excluding hydrogens is 438 g/mol. The van der Waals surface area contributed by atoms with Crippen molar-refractivity contribution in [2.75, 3.05) is 6.54 Å². The van der Waals surface area contributed by atoms with Crippen LogP contribution in [0, 0.1) is 0 Å². The maximum atomic E-state index is 12.3. The number of amides is 1. The number of carboxylic acids is 1. The van der Waals surface area contributed by atoms with Gasteiger partial charge in [0.05, 0.1) is 18.6 Å². The van der Waals surface area contributed by atoms with Crippen molar-refractivity contribution in [3.63, 3.8) is 0 Å². The number of carboxylic acid groups (broad SMARTS) is 1. The molecule has 1 aromatic rings. The molecule has 0 saturated heterocycles. The molecule has 0 spiro atoms. The first-order valence-corrected chi connectivity index (χ1v) is 10.4. The summed E-state index contributed by atoms with van der Waals surface area (Å²) in [5, 5.41) is 25.9. The second-order valence-electron chi connectivity index (χ2n) is 6.55. The van der Waals surface area contributed by atoms with E-state index in [9.17, 15) is 23.1 Å². The molecule has 176 valence electrons. The summed E-state index contributed by atoms with van der Waals surface area (Å²) >= 11 is 0. The first-order chi connectivity index (χ1) is 14.3. The number of guanidine groups is 1. The number of nitrogens with two attached hydrogens (primary N) is 4. The Kier molecular flexibility index (Phi) is 9.72. The molecule has 0 saturated carbocycles. The number of aliphatic carboxylic acids is 1. The lowest BCUT2D eigenvalue weighted by molar-refractivity contribution is -0.141. The number of nitrogens with one attached hydrogen (secondary N) is 2. The van der Waals surface area contributed by atoms with Crippen molar-refractivity contribution < 1.29 is 32.6 Å². The average Bonchev–Trinajstić information content (AvgIpc) is 3.11. The molecule has 16 nitrogen and oxygen atoms in total. The molecule has 1 unspecified atom stereocenters. The second kappa shape index (κ2) is 11.5. The highest BCUT2D eigenvalue weighted by Gasteiger charge is 2.32. The minimum atomic E-state index is -4.55. The molecule has 0 aromatic carbocycles. The first kappa shape index (κ1) is 26.2. The molecule has 17 heteroatoms. The Morgan fingerprint density at radius 2 is 1.81 bits per heavy atom. The average molecular weight is 465 g/mol. The van der Waals surface area contributed by atoms with Crippen LogP contribution < -0.4 is 32.4 Å². The fourth-order valence-corrected chi connectivity index (χ4v) is 3.56. The van der Waals surface area contributed by atoms with Gasteiger partial charge in [0.25, 0.3) is 10.2 Å². The number of hydrogen-bond acceptors (Lipinski definition) is 10. The Hall–Kier alpha value is -2.86. The summed E-state index contributed by atoms with van der Waals surface area (Å²) in [6, 6.07) is -3.97. The summed E-state index contributed by atoms with van der Waals surface area (Å²) in [6.45, 7) is 1.40. The van der Waals surface area contributed by atoms with Gasteiger partial charge in [0.15, 0.2) is 5.96 Å². The molecule has 12 N–H and O–H groups in total. The van der Waals surface area contributed by atoms with Gasteiger partial charge in [-0.25, -0.2) is 0 Å². The molecule has 1 amide bonds. The van der Waals surface area contributed by atoms with E-state index in [1.54, 1.807) is 4.72 Å². The number of carbonyl (C=O) groups is 2. The van der Waals surface area contributed by atoms with Crippen molar-refractivity contribution in [1.82, 2.24) is 19.6 Å². The third-order valence-corrected chi connectivity index (χ3v) is 4.93. The topological polar surface area (TPSA) is 288 Å². The van der Waals surface area contributed by atoms with Crippen LogP contribution >= 0.6 is 0 Å². The number of aliphatic hydroxyl groups is 1. The second-order valence-corrected chi connectivity index (χ2v) is 8.03. The van der Waals surface area contributed by atoms with Gasteiger partial charge in [0, 0.05) is 6.54 Å². The summed E-state index contributed by atoms with van der Waals surface area (Å²) in [5.41, 5.74) is 21.5. The van der Waals surface area contributed by atoms with Crippen molar-refractivity contribution in [3.8, 4) is 0 Å². The molecular formula is C14H27N9O7S. The number of rotatable bonds is 14. The van der Waals surface area contributed by atoms with E-state index in [2.05, 4.69) is 15.2 Å². The smallest absolute Gasteiger partial charge is 0.324 e. The van der Waals surface area contributed by atoms with E-state index < -0.39 is 52.7 Å². The summed E-state index contributed by atoms with van der Waals surface area (Å²) in [6.07, 6.45) is -1.26. The zero-order valence-electron chi connectivity index (χ0n) is 16.6. The molecule has 1 aromatic heterocycles. The quantitative estimate of drug-likeness (QED) is 0.0747. The summed E-state index contributed by atoms with van der Waals surface area (Å²) in [4.78, 5) is 26.3. The molecule has 1 rings (SSSR count). The van der Waals surface area contributed by atoms with Gasteiger partial charge < -0.3 is 37.6 Å². The molecule has 0 radical (unpaired) electrons. The Morgan fingerprint density at radius 1 is 1.19 bits per heavy atom. The zero-order chi connectivity index (χ0) is 23.8. The molecule has 0 aliphatic carbocycles. The highest BCUT2D eigenvalue weighted by atomic mass is 32.2. The van der Waals surface area contributed by atoms with E-state index in [0.717, 1.165) is 6.92 Å². The highest BCUT2D eigenvalue weighted by molar-refractivity contribution is 7.87. The van der Waals surface area contributed by atoms with E-state index in [0.29, 0.717) is 19.4 Å². The predicted octanol–water partition coefficient (Wildman–Crippen LogP) is -3.70. The molecule has 0 aliphatic heterocycles. The largest absolute Gasteiger partial charge is 0.480 e. The number of primary amides is 1. The summed E-state index contributed by atoms with van der Waals surface area (Å²) < 4.78 is 33.7. The van der Waals surface area contributed by atoms with E-state index in [4.69, 9.17) is 32.5 Å². The van der Waals surface area contributed by atoms with Crippen LogP contribution in [-0.2, 0) is 19.8 Å². The number of carbonyl (C=O) groups excluding carboxylic acids is 1. The highest BCUT2D eigenvalue weighted by Crippen LogP contribution is 2.21. The SMILES string of the molecule is CC(O)[C@H](NS(=O)(=O)N[C@@H](CC(N)=O)c1nnc([C@@H](N)CCCN=C(N)N)o1)C(=O)O. The minimum Gasteiger partial charge on any atom is -0.480 e. The maximum absolute atomic E-state index is 12.3. The fraction of sp³-hybridized carbons (Fsp3) is 0.643. The lowest BCUT2D eigenvalue weighted by atomic mass is 10.2. The van der Waals surface area contributed by atoms with Gasteiger partial charge in [-0.2, -0.15) is 17.9 Å². The van der Waals surface area contributed by atoms with E-state index in [1.807, 2.05) is 4.72 Å². The predicted molar refractivity (Wildman–Crippen MR) is 106 cm³/mol. The normalized spacial score (nSPS) is 15.6. The van der Waals surface area contributed by atoms with Gasteiger partial charge in [-0.05, 0) is 19.8 Å². The zero-order valence-corrected chi connectivity index (χ0v) is 17.4. The van der Waals surface area contributed by atoms with Crippen molar-refractivity contribution in [3.05, 3.63) is 11.8 Å². The van der Waals surface area contributed by atoms with Crippen LogP contribution in [0.5, 0.6) is 0 Å². The fourth-order valence-electron chi connectivity index (χ4n) is 2.30. The van der Waals surface area contributed by atoms with Crippen LogP contribution in [0.3, 0.4) is 0 Å². The lowest BCUT2D eigenvalue weighted by Gasteiger charge is -2.19. The van der Waals surface area contributed by atoms with Crippen LogP contribution in [0.15, 0.2) is 9.41 Å². The molecule has 1 heterocycles. The summed E-state index contributed by atoms with van der Waals surface area (Å²) in [5.74, 6) is -2.93. The van der Waals surface area contributed by atoms with Crippen LogP contribution in [0.4, 0.5) is 0 Å². The Balaban J connectivity index is 2.94. The molecule has 0 fully saturated rings. The van der Waals surface area contributed by atoms with Crippen LogP contribution in [0.2, 0.25) is 0 Å². The van der Waals surface area contributed by atoms with Gasteiger partial charge in [-0.1, -0.05) is 0 Å². The number of aromatic nitrogens is 2. The Morgan fingerprint density at radius 3 is 2.32 bits per heavy atom. The number of aliphatic imine (C=N–C) groups is 1. The third kappa shape index (κ3) is 9.22. The standard InChI is InChI=1S/C14H27N9O7S/c1-6(24)10(13(26)27)23-31(28,29)22-8(5-9(16)25)12-21-20-11(30-12)7(15)3-2-4-19-14(17)18/h6-8,10,22-24H,2-5,15H2,1H3,(H2,16,25)(H,26,27)(H4,17,18,19)/t6?,7-,8-,10-/m0/s1. The maximum Gasteiger partial charge on any atom is 0.324 e. The van der Waals surface area contributed by atoms with Crippen molar-refractivity contribution in [2.45, 2.75) is 50.4 Å². The van der Waals surface area contributed by atoms with Gasteiger partial charge >= 0.3 is 5.97 Å². The van der Waals surface area contributed by atoms with Gasteiger partial charge in [0.1, 0.15) is 12.1 Å². The first-order valence-electron chi connectivity index (χ1n) is 8.95. The van der Waals surface area contributed by atoms with Crippen molar-refractivity contribution in [1.29, 1.82) is 0 Å². The molecule has 0 aliphatic rings. The van der Waals surface area contributed by atoms with Gasteiger partial charge in [-0.15, -0.1) is 10.2 Å². The molecule has 31 heavy (non-hydrogen) atoms. The van der Waals surface area contributed by atoms with E-state index in [1.165, 1.54) is 0 Å². The lowest BCUT2D eigenvalue weighted by Crippen LogP contribution is -2.52. The monoisotopic (exact) mass is 465 g/mol. The molecule has 4 atom stereocenters. The summed E-state index contributed by atoms with van der Waals surface area (Å²) in [7, 11) is -4.55. The van der Waals surface area contributed by atoms with E-state index in [-0.39, 0.29) is 17.7 Å². The van der Waals surface area contributed by atoms with Crippen LogP contribution in [0.1, 0.15) is 50.1 Å². The van der Waals surface area contributed by atoms with E-state index >= 15 is 0 Å². The number of nitrogens with zero attached hydrogens (tertiary/aromatic N) is 3. The van der Waals surface area contributed by atoms with Crippen LogP contribution in [-0.4, -0.2) is 65.4 Å².